The maximum Gasteiger partial charge on any atom is 0.00499 e. The first kappa shape index (κ1) is 16.2. The van der Waals surface area contributed by atoms with Crippen molar-refractivity contribution in [3.05, 3.63) is 0 Å². The first-order valence-electron chi connectivity index (χ1n) is 10.0. The standard InChI is InChI=1S/C20H36S/c1-2-4-6-8-17-10-12-18(9-7-5-3-1)19-14-15-21-20(16-19)13-11-17/h17-20H,1-16H2. The highest BCUT2D eigenvalue weighted by atomic mass is 32.2. The van der Waals surface area contributed by atoms with Crippen molar-refractivity contribution < 1.29 is 0 Å². The van der Waals surface area contributed by atoms with E-state index in [1.165, 1.54) is 57.1 Å². The van der Waals surface area contributed by atoms with Gasteiger partial charge in [0.05, 0.1) is 0 Å². The fraction of sp³-hybridized carbons (Fsp3) is 1.00. The molecule has 4 unspecified atom stereocenters. The van der Waals surface area contributed by atoms with Gasteiger partial charge in [-0.25, -0.2) is 0 Å². The molecule has 0 amide bonds. The topological polar surface area (TPSA) is 0 Å². The van der Waals surface area contributed by atoms with Crippen LogP contribution in [0.5, 0.6) is 0 Å². The van der Waals surface area contributed by atoms with E-state index in [2.05, 4.69) is 11.8 Å². The van der Waals surface area contributed by atoms with Crippen LogP contribution in [0.25, 0.3) is 0 Å². The minimum absolute atomic E-state index is 1.03. The van der Waals surface area contributed by atoms with E-state index in [0.717, 1.165) is 23.0 Å². The molecule has 0 aromatic rings. The molecule has 0 N–H and O–H groups in total. The van der Waals surface area contributed by atoms with Crippen molar-refractivity contribution in [1.29, 1.82) is 0 Å². The van der Waals surface area contributed by atoms with Gasteiger partial charge in [0, 0.05) is 5.25 Å². The molecule has 4 bridgehead atoms. The van der Waals surface area contributed by atoms with Gasteiger partial charge in [0.1, 0.15) is 0 Å². The van der Waals surface area contributed by atoms with Gasteiger partial charge in [-0.2, -0.15) is 11.8 Å². The Morgan fingerprint density at radius 2 is 1.24 bits per heavy atom. The quantitative estimate of drug-likeness (QED) is 0.472. The Bertz CT molecular complexity index is 288. The van der Waals surface area contributed by atoms with Gasteiger partial charge in [0.2, 0.25) is 0 Å². The Morgan fingerprint density at radius 1 is 0.524 bits per heavy atom. The molecule has 0 aromatic heterocycles. The van der Waals surface area contributed by atoms with Crippen LogP contribution in [0.1, 0.15) is 96.3 Å². The van der Waals surface area contributed by atoms with Crippen LogP contribution in [0.4, 0.5) is 0 Å². The first-order valence-corrected chi connectivity index (χ1v) is 11.1. The highest BCUT2D eigenvalue weighted by molar-refractivity contribution is 7.99. The summed E-state index contributed by atoms with van der Waals surface area (Å²) < 4.78 is 0. The van der Waals surface area contributed by atoms with Gasteiger partial charge in [-0.3, -0.25) is 0 Å². The average Bonchev–Trinajstić information content (AvgIpc) is 2.58. The molecule has 1 saturated heterocycles. The van der Waals surface area contributed by atoms with E-state index in [1.54, 1.807) is 44.9 Å². The summed E-state index contributed by atoms with van der Waals surface area (Å²) in [5.41, 5.74) is 0. The molecular weight excluding hydrogens is 272 g/mol. The third kappa shape index (κ3) is 5.19. The maximum absolute atomic E-state index is 2.32. The van der Waals surface area contributed by atoms with E-state index in [9.17, 15) is 0 Å². The summed E-state index contributed by atoms with van der Waals surface area (Å²) in [5, 5.41) is 1.03. The predicted octanol–water partition coefficient (Wildman–Crippen LogP) is 6.83. The molecule has 0 radical (unpaired) electrons. The Kier molecular flexibility index (Phi) is 6.83. The zero-order chi connectivity index (χ0) is 14.3. The van der Waals surface area contributed by atoms with Crippen molar-refractivity contribution in [3.8, 4) is 0 Å². The van der Waals surface area contributed by atoms with Crippen molar-refractivity contribution in [2.45, 2.75) is 102 Å². The Balaban J connectivity index is 1.65. The molecule has 2 aliphatic carbocycles. The lowest BCUT2D eigenvalue weighted by molar-refractivity contribution is 0.249. The summed E-state index contributed by atoms with van der Waals surface area (Å²) in [7, 11) is 0. The SMILES string of the molecule is C1CCCCC2CCC3CC(CCS3)C(CCCC1)CC2. The minimum Gasteiger partial charge on any atom is -0.159 e. The molecule has 1 heteroatoms. The molecular formula is C20H36S. The summed E-state index contributed by atoms with van der Waals surface area (Å²) in [5.74, 6) is 4.74. The second-order valence-electron chi connectivity index (χ2n) is 8.11. The van der Waals surface area contributed by atoms with Crippen LogP contribution >= 0.6 is 11.8 Å². The number of rotatable bonds is 0. The molecule has 122 valence electrons. The van der Waals surface area contributed by atoms with E-state index >= 15 is 0 Å². The molecule has 2 saturated carbocycles. The van der Waals surface area contributed by atoms with Crippen molar-refractivity contribution in [1.82, 2.24) is 0 Å². The Hall–Kier alpha value is 0.350. The molecule has 3 rings (SSSR count). The minimum atomic E-state index is 1.03. The lowest BCUT2D eigenvalue weighted by Crippen LogP contribution is -2.24. The van der Waals surface area contributed by atoms with Crippen LogP contribution in [0.3, 0.4) is 0 Å². The molecule has 0 spiro atoms. The van der Waals surface area contributed by atoms with Crippen molar-refractivity contribution in [2.75, 3.05) is 5.75 Å². The predicted molar refractivity (Wildman–Crippen MR) is 96.0 cm³/mol. The Morgan fingerprint density at radius 3 is 2.10 bits per heavy atom. The number of fused-ring (bicyclic) bond motifs is 6. The zero-order valence-corrected chi connectivity index (χ0v) is 14.8. The molecule has 0 aromatic carbocycles. The third-order valence-electron chi connectivity index (χ3n) is 6.60. The van der Waals surface area contributed by atoms with Crippen LogP contribution in [0.2, 0.25) is 0 Å². The molecule has 3 fully saturated rings. The second kappa shape index (κ2) is 8.85. The van der Waals surface area contributed by atoms with E-state index < -0.39 is 0 Å². The van der Waals surface area contributed by atoms with Gasteiger partial charge in [-0.15, -0.1) is 0 Å². The fourth-order valence-corrected chi connectivity index (χ4v) is 6.64. The van der Waals surface area contributed by atoms with Crippen molar-refractivity contribution in [2.24, 2.45) is 17.8 Å². The van der Waals surface area contributed by atoms with E-state index in [-0.39, 0.29) is 0 Å². The van der Waals surface area contributed by atoms with Gasteiger partial charge < -0.3 is 0 Å². The molecule has 0 nitrogen and oxygen atoms in total. The van der Waals surface area contributed by atoms with Gasteiger partial charge in [-0.05, 0) is 55.6 Å². The monoisotopic (exact) mass is 308 g/mol. The second-order valence-corrected chi connectivity index (χ2v) is 9.52. The Labute approximate surface area is 137 Å². The number of hydrogen-bond acceptors (Lipinski definition) is 1. The van der Waals surface area contributed by atoms with Crippen molar-refractivity contribution >= 4 is 11.8 Å². The van der Waals surface area contributed by atoms with Crippen LogP contribution < -0.4 is 0 Å². The lowest BCUT2D eigenvalue weighted by Gasteiger charge is -2.33. The van der Waals surface area contributed by atoms with Gasteiger partial charge in [-0.1, -0.05) is 64.2 Å². The van der Waals surface area contributed by atoms with Crippen LogP contribution in [0, 0.1) is 17.8 Å². The number of thioether (sulfide) groups is 1. The van der Waals surface area contributed by atoms with Crippen LogP contribution in [-0.2, 0) is 0 Å². The van der Waals surface area contributed by atoms with E-state index in [1.807, 2.05) is 0 Å². The normalized spacial score (nSPS) is 40.0. The van der Waals surface area contributed by atoms with Gasteiger partial charge >= 0.3 is 0 Å². The molecule has 4 atom stereocenters. The molecule has 3 aliphatic rings. The maximum atomic E-state index is 2.32. The summed E-state index contributed by atoms with van der Waals surface area (Å²) in [6.07, 6.45) is 23.1. The van der Waals surface area contributed by atoms with E-state index in [0.29, 0.717) is 0 Å². The summed E-state index contributed by atoms with van der Waals surface area (Å²) in [6, 6.07) is 0. The summed E-state index contributed by atoms with van der Waals surface area (Å²) in [6.45, 7) is 0. The van der Waals surface area contributed by atoms with Gasteiger partial charge in [0.15, 0.2) is 0 Å². The van der Waals surface area contributed by atoms with Crippen LogP contribution in [-0.4, -0.2) is 11.0 Å². The van der Waals surface area contributed by atoms with Crippen molar-refractivity contribution in [3.63, 3.8) is 0 Å². The molecule has 1 heterocycles. The fourth-order valence-electron chi connectivity index (χ4n) is 5.18. The summed E-state index contributed by atoms with van der Waals surface area (Å²) in [4.78, 5) is 0. The third-order valence-corrected chi connectivity index (χ3v) is 7.98. The smallest absolute Gasteiger partial charge is 0.00499 e. The highest BCUT2D eigenvalue weighted by Gasteiger charge is 2.31. The zero-order valence-electron chi connectivity index (χ0n) is 14.0. The molecule has 21 heavy (non-hydrogen) atoms. The first-order chi connectivity index (χ1) is 10.4. The van der Waals surface area contributed by atoms with Gasteiger partial charge in [0.25, 0.3) is 0 Å². The lowest BCUT2D eigenvalue weighted by atomic mass is 9.79. The van der Waals surface area contributed by atoms with Crippen LogP contribution in [0.15, 0.2) is 0 Å². The molecule has 1 aliphatic heterocycles. The summed E-state index contributed by atoms with van der Waals surface area (Å²) >= 11 is 2.32. The largest absolute Gasteiger partial charge is 0.159 e. The number of hydrogen-bond donors (Lipinski definition) is 0. The van der Waals surface area contributed by atoms with E-state index in [4.69, 9.17) is 0 Å². The highest BCUT2D eigenvalue weighted by Crippen LogP contribution is 2.43. The average molecular weight is 309 g/mol.